The fraction of sp³-hybridized carbons (Fsp3) is 0.0769. The van der Waals surface area contributed by atoms with Gasteiger partial charge in [-0.1, -0.05) is 54.6 Å². The third-order valence-electron chi connectivity index (χ3n) is 5.10. The topological polar surface area (TPSA) is 64.4 Å². The van der Waals surface area contributed by atoms with Crippen molar-refractivity contribution < 1.29 is 13.9 Å². The van der Waals surface area contributed by atoms with Gasteiger partial charge in [-0.3, -0.25) is 4.79 Å². The number of ether oxygens (including phenoxy) is 1. The Bertz CT molecular complexity index is 1370. The predicted octanol–water partition coefficient (Wildman–Crippen LogP) is 6.05. The number of aromatic nitrogens is 1. The smallest absolute Gasteiger partial charge is 0.265 e. The van der Waals surface area contributed by atoms with Gasteiger partial charge in [0.05, 0.1) is 0 Å². The molecule has 0 radical (unpaired) electrons. The molecule has 5 rings (SSSR count). The molecular weight excluding hydrogens is 388 g/mol. The Hall–Kier alpha value is -4.12. The van der Waals surface area contributed by atoms with Gasteiger partial charge in [0, 0.05) is 16.6 Å². The maximum Gasteiger partial charge on any atom is 0.265 e. The van der Waals surface area contributed by atoms with Crippen molar-refractivity contribution in [3.63, 3.8) is 0 Å². The molecule has 5 heteroatoms. The molecular formula is C26H20N2O3. The first-order valence-corrected chi connectivity index (χ1v) is 10.1. The van der Waals surface area contributed by atoms with Crippen molar-refractivity contribution in [2.75, 3.05) is 5.32 Å². The number of nitrogens with one attached hydrogen (secondary N) is 1. The van der Waals surface area contributed by atoms with Crippen LogP contribution in [0, 0.1) is 0 Å². The van der Waals surface area contributed by atoms with Gasteiger partial charge in [-0.05, 0) is 48.7 Å². The van der Waals surface area contributed by atoms with Crippen molar-refractivity contribution in [3.05, 3.63) is 91.0 Å². The maximum atomic E-state index is 12.7. The number of benzene rings is 4. The van der Waals surface area contributed by atoms with Crippen molar-refractivity contribution >= 4 is 33.5 Å². The Labute approximate surface area is 179 Å². The van der Waals surface area contributed by atoms with Gasteiger partial charge >= 0.3 is 0 Å². The summed E-state index contributed by atoms with van der Waals surface area (Å²) in [6.07, 6.45) is -0.668. The fourth-order valence-corrected chi connectivity index (χ4v) is 3.50. The molecule has 0 unspecified atom stereocenters. The molecule has 0 aliphatic carbocycles. The van der Waals surface area contributed by atoms with Crippen LogP contribution in [0.3, 0.4) is 0 Å². The van der Waals surface area contributed by atoms with Gasteiger partial charge in [-0.25, -0.2) is 4.98 Å². The van der Waals surface area contributed by atoms with Crippen molar-refractivity contribution in [1.82, 2.24) is 4.98 Å². The molecule has 1 N–H and O–H groups in total. The van der Waals surface area contributed by atoms with E-state index in [1.54, 1.807) is 25.1 Å². The Morgan fingerprint density at radius 3 is 2.58 bits per heavy atom. The molecule has 0 saturated carbocycles. The molecule has 4 aromatic carbocycles. The van der Waals surface area contributed by atoms with Gasteiger partial charge < -0.3 is 14.5 Å². The largest absolute Gasteiger partial charge is 0.480 e. The number of oxazole rings is 1. The summed E-state index contributed by atoms with van der Waals surface area (Å²) in [5.74, 6) is 0.992. The van der Waals surface area contributed by atoms with Crippen LogP contribution in [0.25, 0.3) is 33.3 Å². The van der Waals surface area contributed by atoms with E-state index in [0.29, 0.717) is 28.4 Å². The lowest BCUT2D eigenvalue weighted by Gasteiger charge is -2.16. The first kappa shape index (κ1) is 18.9. The summed E-state index contributed by atoms with van der Waals surface area (Å²) in [4.78, 5) is 17.3. The zero-order valence-electron chi connectivity index (χ0n) is 16.9. The second kappa shape index (κ2) is 7.95. The van der Waals surface area contributed by atoms with Gasteiger partial charge in [0.25, 0.3) is 5.91 Å². The Kier molecular flexibility index (Phi) is 4.84. The van der Waals surface area contributed by atoms with Crippen LogP contribution in [0.1, 0.15) is 6.92 Å². The van der Waals surface area contributed by atoms with E-state index in [1.807, 2.05) is 72.8 Å². The zero-order valence-corrected chi connectivity index (χ0v) is 16.9. The number of fused-ring (bicyclic) bond motifs is 2. The zero-order chi connectivity index (χ0) is 21.2. The molecule has 1 amide bonds. The van der Waals surface area contributed by atoms with E-state index in [2.05, 4.69) is 10.3 Å². The molecule has 0 fully saturated rings. The van der Waals surface area contributed by atoms with E-state index >= 15 is 0 Å². The number of carbonyl (C=O) groups is 1. The highest BCUT2D eigenvalue weighted by atomic mass is 16.5. The highest BCUT2D eigenvalue weighted by Gasteiger charge is 2.17. The average Bonchev–Trinajstić information content (AvgIpc) is 3.23. The lowest BCUT2D eigenvalue weighted by molar-refractivity contribution is -0.122. The predicted molar refractivity (Wildman–Crippen MR) is 122 cm³/mol. The highest BCUT2D eigenvalue weighted by molar-refractivity contribution is 5.96. The number of anilines is 1. The van der Waals surface area contributed by atoms with E-state index in [1.165, 1.54) is 0 Å². The Morgan fingerprint density at radius 1 is 0.935 bits per heavy atom. The van der Waals surface area contributed by atoms with Crippen LogP contribution in [-0.2, 0) is 4.79 Å². The molecule has 1 heterocycles. The lowest BCUT2D eigenvalue weighted by atomic mass is 10.1. The number of carbonyl (C=O) groups excluding carboxylic acids is 1. The van der Waals surface area contributed by atoms with E-state index in [9.17, 15) is 4.79 Å². The van der Waals surface area contributed by atoms with Crippen LogP contribution >= 0.6 is 0 Å². The van der Waals surface area contributed by atoms with Crippen LogP contribution in [-0.4, -0.2) is 17.0 Å². The quantitative estimate of drug-likeness (QED) is 0.384. The monoisotopic (exact) mass is 408 g/mol. The number of hydrogen-bond acceptors (Lipinski definition) is 4. The summed E-state index contributed by atoms with van der Waals surface area (Å²) in [5, 5.41) is 4.95. The second-order valence-electron chi connectivity index (χ2n) is 7.29. The Balaban J connectivity index is 1.33. The molecule has 0 aliphatic rings. The van der Waals surface area contributed by atoms with Crippen LogP contribution in [0.4, 0.5) is 5.69 Å². The van der Waals surface area contributed by atoms with Crippen LogP contribution < -0.4 is 10.1 Å². The van der Waals surface area contributed by atoms with E-state index < -0.39 is 6.10 Å². The van der Waals surface area contributed by atoms with Gasteiger partial charge in [0.1, 0.15) is 11.3 Å². The summed E-state index contributed by atoms with van der Waals surface area (Å²) in [6.45, 7) is 1.74. The fourth-order valence-electron chi connectivity index (χ4n) is 3.50. The van der Waals surface area contributed by atoms with Crippen LogP contribution in [0.5, 0.6) is 5.75 Å². The van der Waals surface area contributed by atoms with E-state index in [0.717, 1.165) is 16.3 Å². The molecule has 0 saturated heterocycles. The van der Waals surface area contributed by atoms with E-state index in [4.69, 9.17) is 9.15 Å². The minimum absolute atomic E-state index is 0.237. The molecule has 0 spiro atoms. The summed E-state index contributed by atoms with van der Waals surface area (Å²) in [5.41, 5.74) is 2.89. The maximum absolute atomic E-state index is 12.7. The molecule has 0 aliphatic heterocycles. The van der Waals surface area contributed by atoms with Crippen molar-refractivity contribution in [2.45, 2.75) is 13.0 Å². The molecule has 152 valence electrons. The third kappa shape index (κ3) is 3.85. The third-order valence-corrected chi connectivity index (χ3v) is 5.10. The average molecular weight is 408 g/mol. The molecule has 5 nitrogen and oxygen atoms in total. The minimum atomic E-state index is -0.668. The number of nitrogens with zero attached hydrogens (tertiary/aromatic N) is 1. The Morgan fingerprint density at radius 2 is 1.71 bits per heavy atom. The second-order valence-corrected chi connectivity index (χ2v) is 7.29. The van der Waals surface area contributed by atoms with Gasteiger partial charge in [-0.2, -0.15) is 0 Å². The van der Waals surface area contributed by atoms with Crippen molar-refractivity contribution in [2.24, 2.45) is 0 Å². The summed E-state index contributed by atoms with van der Waals surface area (Å²) in [7, 11) is 0. The first-order valence-electron chi connectivity index (χ1n) is 10.1. The lowest BCUT2D eigenvalue weighted by Crippen LogP contribution is -2.30. The molecule has 1 aromatic heterocycles. The van der Waals surface area contributed by atoms with Crippen molar-refractivity contribution in [3.8, 4) is 17.2 Å². The summed E-state index contributed by atoms with van der Waals surface area (Å²) < 4.78 is 11.8. The number of amides is 1. The molecule has 31 heavy (non-hydrogen) atoms. The van der Waals surface area contributed by atoms with Gasteiger partial charge in [-0.15, -0.1) is 0 Å². The minimum Gasteiger partial charge on any atom is -0.480 e. The van der Waals surface area contributed by atoms with Gasteiger partial charge in [0.2, 0.25) is 5.89 Å². The summed E-state index contributed by atoms with van der Waals surface area (Å²) >= 11 is 0. The standard InChI is InChI=1S/C26H20N2O3/c1-17(30-23-13-7-11-18-8-5-6-12-21(18)23)25(29)27-20-14-15-24-22(16-20)28-26(31-24)19-9-3-2-4-10-19/h2-17H,1H3,(H,27,29)/t17-/m0/s1. The first-order chi connectivity index (χ1) is 15.2. The van der Waals surface area contributed by atoms with Crippen LogP contribution in [0.2, 0.25) is 0 Å². The highest BCUT2D eigenvalue weighted by Crippen LogP contribution is 2.28. The van der Waals surface area contributed by atoms with Gasteiger partial charge in [0.15, 0.2) is 11.7 Å². The van der Waals surface area contributed by atoms with E-state index in [-0.39, 0.29) is 5.91 Å². The normalized spacial score (nSPS) is 12.0. The molecule has 1 atom stereocenters. The molecule has 0 bridgehead atoms. The SMILES string of the molecule is C[C@H](Oc1cccc2ccccc12)C(=O)Nc1ccc2oc(-c3ccccc3)nc2c1. The van der Waals surface area contributed by atoms with Crippen molar-refractivity contribution in [1.29, 1.82) is 0 Å². The summed E-state index contributed by atoms with van der Waals surface area (Å²) in [6, 6.07) is 28.9. The molecule has 5 aromatic rings. The van der Waals surface area contributed by atoms with Crippen LogP contribution in [0.15, 0.2) is 95.4 Å². The number of hydrogen-bond donors (Lipinski definition) is 1. The number of rotatable bonds is 5.